The van der Waals surface area contributed by atoms with E-state index in [9.17, 15) is 24.2 Å². The van der Waals surface area contributed by atoms with Crippen LogP contribution in [0.15, 0.2) is 17.1 Å². The van der Waals surface area contributed by atoms with Gasteiger partial charge in [0.25, 0.3) is 5.85 Å². The minimum atomic E-state index is -2.91. The van der Waals surface area contributed by atoms with Crippen LogP contribution in [0, 0.1) is 0 Å². The number of alkyl halides is 1. The molecule has 0 spiro atoms. The number of amides is 1. The van der Waals surface area contributed by atoms with E-state index < -0.39 is 42.0 Å². The zero-order valence-corrected chi connectivity index (χ0v) is 11.9. The van der Waals surface area contributed by atoms with Gasteiger partial charge < -0.3 is 25.4 Å². The third-order valence-corrected chi connectivity index (χ3v) is 3.47. The van der Waals surface area contributed by atoms with Gasteiger partial charge in [-0.3, -0.25) is 9.36 Å². The fraction of sp³-hybridized carbons (Fsp3) is 0.583. The number of ether oxygens (including phenoxy) is 1. The Morgan fingerprint density at radius 1 is 1.55 bits per heavy atom. The summed E-state index contributed by atoms with van der Waals surface area (Å²) in [5, 5.41) is 30.9. The molecular weight excluding hydrogens is 301 g/mol. The SMILES string of the molecule is CC(=O)Nc1ccn([C@]2(C)O[C@](F)(CO)[C@@H](O)[C@H]2O)c(=O)n1. The molecule has 1 aliphatic rings. The summed E-state index contributed by atoms with van der Waals surface area (Å²) in [7, 11) is 0. The lowest BCUT2D eigenvalue weighted by Crippen LogP contribution is -2.48. The summed E-state index contributed by atoms with van der Waals surface area (Å²) in [5.74, 6) is -3.38. The minimum absolute atomic E-state index is 0.0287. The molecule has 0 aliphatic carbocycles. The molecule has 22 heavy (non-hydrogen) atoms. The molecule has 0 radical (unpaired) electrons. The van der Waals surface area contributed by atoms with Gasteiger partial charge in [-0.1, -0.05) is 0 Å². The molecule has 122 valence electrons. The molecule has 1 aromatic heterocycles. The van der Waals surface area contributed by atoms with Crippen LogP contribution in [0.25, 0.3) is 0 Å². The number of nitrogens with one attached hydrogen (secondary N) is 1. The average Bonchev–Trinajstić information content (AvgIpc) is 2.60. The number of carbonyl (C=O) groups excluding carboxylic acids is 1. The van der Waals surface area contributed by atoms with E-state index in [0.717, 1.165) is 10.8 Å². The number of hydrogen-bond acceptors (Lipinski definition) is 7. The topological polar surface area (TPSA) is 134 Å². The summed E-state index contributed by atoms with van der Waals surface area (Å²) in [6.07, 6.45) is -2.75. The van der Waals surface area contributed by atoms with Gasteiger partial charge in [0.05, 0.1) is 0 Å². The zero-order chi connectivity index (χ0) is 16.7. The van der Waals surface area contributed by atoms with Crippen LogP contribution < -0.4 is 11.0 Å². The number of anilines is 1. The normalized spacial score (nSPS) is 34.6. The number of hydrogen-bond donors (Lipinski definition) is 4. The maximum Gasteiger partial charge on any atom is 0.351 e. The lowest BCUT2D eigenvalue weighted by molar-refractivity contribution is -0.240. The van der Waals surface area contributed by atoms with Crippen molar-refractivity contribution in [3.05, 3.63) is 22.7 Å². The monoisotopic (exact) mass is 317 g/mol. The maximum absolute atomic E-state index is 14.2. The predicted octanol–water partition coefficient (Wildman–Crippen LogP) is -1.72. The van der Waals surface area contributed by atoms with E-state index in [4.69, 9.17) is 9.84 Å². The molecule has 9 nitrogen and oxygen atoms in total. The van der Waals surface area contributed by atoms with E-state index >= 15 is 0 Å². The molecule has 0 saturated carbocycles. The van der Waals surface area contributed by atoms with Gasteiger partial charge >= 0.3 is 5.69 Å². The van der Waals surface area contributed by atoms with E-state index in [2.05, 4.69) is 10.3 Å². The third-order valence-electron chi connectivity index (χ3n) is 3.47. The number of rotatable bonds is 3. The highest BCUT2D eigenvalue weighted by atomic mass is 19.2. The number of aliphatic hydroxyl groups excluding tert-OH is 3. The molecule has 1 saturated heterocycles. The number of aliphatic hydroxyl groups is 3. The number of carbonyl (C=O) groups is 1. The van der Waals surface area contributed by atoms with Gasteiger partial charge in [-0.05, 0) is 13.0 Å². The molecule has 0 unspecified atom stereocenters. The molecule has 1 aromatic rings. The first-order valence-corrected chi connectivity index (χ1v) is 6.38. The van der Waals surface area contributed by atoms with Crippen molar-refractivity contribution in [1.82, 2.24) is 9.55 Å². The van der Waals surface area contributed by atoms with Crippen LogP contribution in [0.2, 0.25) is 0 Å². The molecule has 0 bridgehead atoms. The Labute approximate surface area is 124 Å². The Balaban J connectivity index is 2.43. The Kier molecular flexibility index (Phi) is 4.04. The summed E-state index contributed by atoms with van der Waals surface area (Å²) in [4.78, 5) is 26.5. The first-order valence-electron chi connectivity index (χ1n) is 6.38. The van der Waals surface area contributed by atoms with Crippen molar-refractivity contribution in [1.29, 1.82) is 0 Å². The van der Waals surface area contributed by atoms with E-state index in [1.165, 1.54) is 19.9 Å². The van der Waals surface area contributed by atoms with Crippen LogP contribution in [0.5, 0.6) is 0 Å². The van der Waals surface area contributed by atoms with E-state index in [1.807, 2.05) is 0 Å². The largest absolute Gasteiger partial charge is 0.390 e. The Morgan fingerprint density at radius 3 is 2.64 bits per heavy atom. The van der Waals surface area contributed by atoms with E-state index in [1.54, 1.807) is 0 Å². The molecule has 0 aromatic carbocycles. The van der Waals surface area contributed by atoms with Crippen LogP contribution in [0.1, 0.15) is 13.8 Å². The summed E-state index contributed by atoms with van der Waals surface area (Å²) in [5.41, 5.74) is -2.92. The lowest BCUT2D eigenvalue weighted by Gasteiger charge is -2.29. The standard InChI is InChI=1S/C12H16FN3O6/c1-6(18)14-7-3-4-16(10(21)15-7)11(2)8(19)9(20)12(13,5-17)22-11/h3-4,8-9,17,19-20H,5H2,1-2H3,(H,14,15,18,21)/t8-,9+,11-,12-/m1/s1. The first kappa shape index (κ1) is 16.5. The maximum atomic E-state index is 14.2. The smallest absolute Gasteiger partial charge is 0.351 e. The average molecular weight is 317 g/mol. The Hall–Kier alpha value is -1.88. The van der Waals surface area contributed by atoms with Crippen molar-refractivity contribution < 1.29 is 29.2 Å². The third kappa shape index (κ3) is 2.50. The van der Waals surface area contributed by atoms with Crippen molar-refractivity contribution in [3.63, 3.8) is 0 Å². The molecule has 2 heterocycles. The molecule has 1 fully saturated rings. The summed E-state index contributed by atoms with van der Waals surface area (Å²) in [6.45, 7) is 1.19. The van der Waals surface area contributed by atoms with Crippen LogP contribution >= 0.6 is 0 Å². The van der Waals surface area contributed by atoms with Crippen LogP contribution in [0.3, 0.4) is 0 Å². The van der Waals surface area contributed by atoms with E-state index in [-0.39, 0.29) is 5.82 Å². The van der Waals surface area contributed by atoms with Gasteiger partial charge in [-0.25, -0.2) is 9.18 Å². The molecule has 4 atom stereocenters. The van der Waals surface area contributed by atoms with Crippen molar-refractivity contribution in [2.75, 3.05) is 11.9 Å². The van der Waals surface area contributed by atoms with Crippen molar-refractivity contribution in [3.8, 4) is 0 Å². The van der Waals surface area contributed by atoms with Crippen molar-refractivity contribution in [2.45, 2.75) is 37.6 Å². The highest BCUT2D eigenvalue weighted by molar-refractivity contribution is 5.87. The fourth-order valence-corrected chi connectivity index (χ4v) is 2.30. The fourth-order valence-electron chi connectivity index (χ4n) is 2.30. The zero-order valence-electron chi connectivity index (χ0n) is 11.9. The molecule has 1 amide bonds. The predicted molar refractivity (Wildman–Crippen MR) is 70.5 cm³/mol. The second-order valence-electron chi connectivity index (χ2n) is 5.14. The molecule has 4 N–H and O–H groups in total. The Morgan fingerprint density at radius 2 is 2.18 bits per heavy atom. The molecule has 10 heteroatoms. The quantitative estimate of drug-likeness (QED) is 0.521. The van der Waals surface area contributed by atoms with Gasteiger partial charge in [0.15, 0.2) is 5.72 Å². The number of nitrogens with zero attached hydrogens (tertiary/aromatic N) is 2. The van der Waals surface area contributed by atoms with Crippen LogP contribution in [0.4, 0.5) is 10.2 Å². The van der Waals surface area contributed by atoms with Gasteiger partial charge in [-0.15, -0.1) is 0 Å². The van der Waals surface area contributed by atoms with E-state index in [0.29, 0.717) is 0 Å². The highest BCUT2D eigenvalue weighted by Crippen LogP contribution is 2.41. The summed E-state index contributed by atoms with van der Waals surface area (Å²) < 4.78 is 19.9. The van der Waals surface area contributed by atoms with Gasteiger partial charge in [0.1, 0.15) is 24.6 Å². The van der Waals surface area contributed by atoms with Crippen molar-refractivity contribution >= 4 is 11.7 Å². The minimum Gasteiger partial charge on any atom is -0.390 e. The molecule has 1 aliphatic heterocycles. The summed E-state index contributed by atoms with van der Waals surface area (Å²) >= 11 is 0. The second kappa shape index (κ2) is 5.39. The van der Waals surface area contributed by atoms with Gasteiger partial charge in [-0.2, -0.15) is 4.98 Å². The number of aromatic nitrogens is 2. The Bertz CT molecular complexity index is 652. The summed E-state index contributed by atoms with van der Waals surface area (Å²) in [6, 6.07) is 1.24. The molecule has 2 rings (SSSR count). The second-order valence-corrected chi connectivity index (χ2v) is 5.14. The van der Waals surface area contributed by atoms with Crippen LogP contribution in [-0.4, -0.2) is 55.4 Å². The lowest BCUT2D eigenvalue weighted by atomic mass is 10.0. The molecular formula is C12H16FN3O6. The van der Waals surface area contributed by atoms with Gasteiger partial charge in [0, 0.05) is 13.1 Å². The number of halogens is 1. The van der Waals surface area contributed by atoms with Gasteiger partial charge in [0.2, 0.25) is 5.91 Å². The highest BCUT2D eigenvalue weighted by Gasteiger charge is 2.62. The first-order chi connectivity index (χ1) is 10.1. The van der Waals surface area contributed by atoms with Crippen LogP contribution in [-0.2, 0) is 15.3 Å². The van der Waals surface area contributed by atoms with Crippen molar-refractivity contribution in [2.24, 2.45) is 0 Å².